The summed E-state index contributed by atoms with van der Waals surface area (Å²) in [4.78, 5) is 0. The summed E-state index contributed by atoms with van der Waals surface area (Å²) in [6.07, 6.45) is 1.27. The molecule has 0 atom stereocenters. The van der Waals surface area contributed by atoms with E-state index >= 15 is 0 Å². The fraction of sp³-hybridized carbons (Fsp3) is 0.333. The molecule has 0 heterocycles. The lowest BCUT2D eigenvalue weighted by atomic mass is 11.3. The summed E-state index contributed by atoms with van der Waals surface area (Å²) in [5, 5.41) is 0. The number of hydrogen-bond acceptors (Lipinski definition) is 1. The van der Waals surface area contributed by atoms with Crippen molar-refractivity contribution in [1.82, 2.24) is 0 Å². The Morgan fingerprint density at radius 2 is 1.43 bits per heavy atom. The molecule has 0 fully saturated rings. The lowest BCUT2D eigenvalue weighted by Gasteiger charge is -1.88. The monoisotopic (exact) mass is 162 g/mol. The van der Waals surface area contributed by atoms with Gasteiger partial charge in [0.1, 0.15) is 0 Å². The average Bonchev–Trinajstić information content (AvgIpc) is 1.36. The first-order valence-corrected chi connectivity index (χ1v) is 5.43. The number of rotatable bonds is 0. The molecule has 0 rings (SSSR count). The topological polar surface area (TPSA) is 17.1 Å². The smallest absolute Gasteiger partial charge is 0.0302 e. The predicted octanol–water partition coefficient (Wildman–Crippen LogP) is 1.74. The molecule has 0 aliphatic carbocycles. The minimum atomic E-state index is -2.69. The quantitative estimate of drug-likeness (QED) is 0.327. The van der Waals surface area contributed by atoms with Crippen LogP contribution < -0.4 is 0 Å². The summed E-state index contributed by atoms with van der Waals surface area (Å²) in [6, 6.07) is 0. The van der Waals surface area contributed by atoms with Crippen LogP contribution in [0.4, 0.5) is 0 Å². The van der Waals surface area contributed by atoms with Crippen molar-refractivity contribution in [2.75, 3.05) is 6.26 Å². The molecule has 0 N–H and O–H groups in total. The molecule has 4 heteroatoms. The minimum Gasteiger partial charge on any atom is -0.256 e. The molecule has 0 aliphatic rings. The predicted molar refractivity (Wildman–Crippen MR) is 38.4 cm³/mol. The van der Waals surface area contributed by atoms with Crippen molar-refractivity contribution in [2.45, 2.75) is 0 Å². The van der Waals surface area contributed by atoms with Gasteiger partial charge < -0.3 is 0 Å². The minimum absolute atomic E-state index is 1.27. The second-order valence-corrected chi connectivity index (χ2v) is 6.56. The van der Waals surface area contributed by atoms with Gasteiger partial charge in [0, 0.05) is 14.6 Å². The van der Waals surface area contributed by atoms with Crippen LogP contribution in [-0.2, 0) is 8.36 Å². The zero-order valence-electron chi connectivity index (χ0n) is 4.03. The van der Waals surface area contributed by atoms with E-state index in [2.05, 4.69) is 13.2 Å². The molecule has 46 valence electrons. The maximum absolute atomic E-state index is 9.75. The molecular formula is C3H8Cl2OS. The Morgan fingerprint density at radius 1 is 1.43 bits per heavy atom. The molecule has 0 bridgehead atoms. The van der Waals surface area contributed by atoms with Gasteiger partial charge in [-0.2, -0.15) is 0 Å². The summed E-state index contributed by atoms with van der Waals surface area (Å²) in [5.74, 6) is 0. The third kappa shape index (κ3) is 585. The van der Waals surface area contributed by atoms with E-state index in [0.29, 0.717) is 0 Å². The van der Waals surface area contributed by atoms with Crippen molar-refractivity contribution in [3.63, 3.8) is 0 Å². The summed E-state index contributed by atoms with van der Waals surface area (Å²) in [7, 11) is 7.01. The molecule has 0 spiro atoms. The van der Waals surface area contributed by atoms with Crippen LogP contribution in [0.2, 0.25) is 0 Å². The van der Waals surface area contributed by atoms with E-state index in [4.69, 9.17) is 21.4 Å². The molecule has 0 amide bonds. The molecule has 0 saturated carbocycles. The van der Waals surface area contributed by atoms with Crippen LogP contribution >= 0.6 is 21.4 Å². The van der Waals surface area contributed by atoms with Gasteiger partial charge in [-0.3, -0.25) is 4.21 Å². The summed E-state index contributed by atoms with van der Waals surface area (Å²) < 4.78 is 9.75. The van der Waals surface area contributed by atoms with Gasteiger partial charge in [-0.05, 0) is 21.4 Å². The van der Waals surface area contributed by atoms with Crippen LogP contribution in [0.1, 0.15) is 0 Å². The van der Waals surface area contributed by atoms with Crippen LogP contribution in [0.15, 0.2) is 13.2 Å². The van der Waals surface area contributed by atoms with Crippen molar-refractivity contribution in [2.24, 2.45) is 0 Å². The maximum Gasteiger partial charge on any atom is 0.0302 e. The van der Waals surface area contributed by atoms with Gasteiger partial charge in [-0.15, -0.1) is 13.2 Å². The molecule has 0 aromatic rings. The van der Waals surface area contributed by atoms with Crippen molar-refractivity contribution in [3.05, 3.63) is 13.2 Å². The molecule has 0 aliphatic heterocycles. The van der Waals surface area contributed by atoms with Gasteiger partial charge in [-0.1, -0.05) is 0 Å². The standard InChI is InChI=1S/C2H4.CH4Cl2OS/c1-2;1-5(2,3)4/h1-2H2;5H,1H3. The normalized spacial score (nSPS) is 11.3. The van der Waals surface area contributed by atoms with E-state index in [1.54, 1.807) is 0 Å². The SMILES string of the molecule is C=C.C[SH](=O)(Cl)Cl. The van der Waals surface area contributed by atoms with Gasteiger partial charge in [0.2, 0.25) is 0 Å². The van der Waals surface area contributed by atoms with E-state index in [9.17, 15) is 4.21 Å². The Balaban J connectivity index is 0. The average molecular weight is 163 g/mol. The van der Waals surface area contributed by atoms with Crippen molar-refractivity contribution < 1.29 is 4.21 Å². The third-order valence-electron chi connectivity index (χ3n) is 0. The molecule has 0 saturated heterocycles. The fourth-order valence-corrected chi connectivity index (χ4v) is 0. The molecule has 0 aromatic carbocycles. The van der Waals surface area contributed by atoms with E-state index in [1.165, 1.54) is 6.26 Å². The van der Waals surface area contributed by atoms with Crippen LogP contribution in [0.5, 0.6) is 0 Å². The van der Waals surface area contributed by atoms with Crippen LogP contribution in [-0.4, -0.2) is 10.5 Å². The number of halogens is 2. The Kier molecular flexibility index (Phi) is 6.90. The zero-order chi connectivity index (χ0) is 6.50. The highest BCUT2D eigenvalue weighted by Crippen LogP contribution is 2.08. The molecular weight excluding hydrogens is 155 g/mol. The maximum atomic E-state index is 9.75. The van der Waals surface area contributed by atoms with E-state index in [1.807, 2.05) is 0 Å². The van der Waals surface area contributed by atoms with E-state index in [0.717, 1.165) is 0 Å². The highest BCUT2D eigenvalue weighted by Gasteiger charge is 1.87. The Labute approximate surface area is 53.7 Å². The number of thiol groups is 1. The van der Waals surface area contributed by atoms with Crippen molar-refractivity contribution >= 4 is 29.7 Å². The number of hydrogen-bond donors (Lipinski definition) is 1. The fourth-order valence-electron chi connectivity index (χ4n) is 0. The first-order chi connectivity index (χ1) is 3.00. The van der Waals surface area contributed by atoms with Crippen LogP contribution in [0.3, 0.4) is 0 Å². The van der Waals surface area contributed by atoms with Gasteiger partial charge in [0.25, 0.3) is 0 Å². The summed E-state index contributed by atoms with van der Waals surface area (Å²) in [6.45, 7) is 6.00. The summed E-state index contributed by atoms with van der Waals surface area (Å²) in [5.41, 5.74) is 0. The highest BCUT2D eigenvalue weighted by molar-refractivity contribution is 8.40. The van der Waals surface area contributed by atoms with E-state index < -0.39 is 8.36 Å². The third-order valence-corrected chi connectivity index (χ3v) is 0. The largest absolute Gasteiger partial charge is 0.256 e. The van der Waals surface area contributed by atoms with Crippen LogP contribution in [0, 0.1) is 0 Å². The van der Waals surface area contributed by atoms with Gasteiger partial charge in [-0.25, -0.2) is 0 Å². The molecule has 7 heavy (non-hydrogen) atoms. The highest BCUT2D eigenvalue weighted by atomic mass is 36.0. The lowest BCUT2D eigenvalue weighted by molar-refractivity contribution is 0.691. The first-order valence-electron chi connectivity index (χ1n) is 1.47. The molecule has 0 aromatic heterocycles. The molecule has 0 radical (unpaired) electrons. The van der Waals surface area contributed by atoms with E-state index in [-0.39, 0.29) is 0 Å². The van der Waals surface area contributed by atoms with Gasteiger partial charge >= 0.3 is 0 Å². The van der Waals surface area contributed by atoms with Crippen molar-refractivity contribution in [3.8, 4) is 0 Å². The van der Waals surface area contributed by atoms with Crippen LogP contribution in [0.25, 0.3) is 0 Å². The summed E-state index contributed by atoms with van der Waals surface area (Å²) >= 11 is 0. The van der Waals surface area contributed by atoms with Gasteiger partial charge in [0.15, 0.2) is 0 Å². The Hall–Kier alpha value is 0.470. The molecule has 0 unspecified atom stereocenters. The molecule has 1 nitrogen and oxygen atoms in total. The second kappa shape index (κ2) is 4.62. The first kappa shape index (κ1) is 10.5. The van der Waals surface area contributed by atoms with Gasteiger partial charge in [0.05, 0.1) is 0 Å². The zero-order valence-corrected chi connectivity index (χ0v) is 6.43. The Morgan fingerprint density at radius 3 is 1.43 bits per heavy atom. The second-order valence-electron chi connectivity index (χ2n) is 0.723. The lowest BCUT2D eigenvalue weighted by Crippen LogP contribution is -1.78. The van der Waals surface area contributed by atoms with Crippen molar-refractivity contribution in [1.29, 1.82) is 0 Å². The Bertz CT molecular complexity index is 68.7.